The Morgan fingerprint density at radius 3 is 2.29 bits per heavy atom. The second kappa shape index (κ2) is 11.6. The lowest BCUT2D eigenvalue weighted by Gasteiger charge is -2.29. The molecule has 1 fully saturated rings. The quantitative estimate of drug-likeness (QED) is 0.470. The minimum absolute atomic E-state index is 0.0132. The number of rotatable bonds is 9. The van der Waals surface area contributed by atoms with E-state index in [2.05, 4.69) is 34.5 Å². The predicted octanol–water partition coefficient (Wildman–Crippen LogP) is 4.81. The number of carbonyl (C=O) groups is 2. The molecule has 0 spiro atoms. The number of nitrogens with zero attached hydrogens (tertiary/aromatic N) is 1. The molecule has 0 aromatic heterocycles. The first-order valence-corrected chi connectivity index (χ1v) is 12.0. The summed E-state index contributed by atoms with van der Waals surface area (Å²) >= 11 is 0. The molecular formula is C29H32N2O3. The Kier molecular flexibility index (Phi) is 8.10. The van der Waals surface area contributed by atoms with E-state index in [0.29, 0.717) is 18.6 Å². The molecule has 176 valence electrons. The van der Waals surface area contributed by atoms with Crippen molar-refractivity contribution in [2.45, 2.75) is 38.9 Å². The SMILES string of the molecule is CCOC(=O)CC1CCN(Cc2ccccc2)C1NC(=O)c1cccc(Cc2ccccc2)c1. The average Bonchev–Trinajstić information content (AvgIpc) is 3.21. The van der Waals surface area contributed by atoms with E-state index in [-0.39, 0.29) is 24.0 Å². The van der Waals surface area contributed by atoms with Crippen LogP contribution in [-0.4, -0.2) is 36.1 Å². The monoisotopic (exact) mass is 456 g/mol. The maximum absolute atomic E-state index is 13.3. The Morgan fingerprint density at radius 1 is 0.912 bits per heavy atom. The normalized spacial score (nSPS) is 17.9. The minimum atomic E-state index is -0.227. The van der Waals surface area contributed by atoms with Crippen molar-refractivity contribution < 1.29 is 14.3 Å². The highest BCUT2D eigenvalue weighted by atomic mass is 16.5. The first-order chi connectivity index (χ1) is 16.6. The Labute approximate surface area is 201 Å². The number of nitrogens with one attached hydrogen (secondary N) is 1. The number of esters is 1. The summed E-state index contributed by atoms with van der Waals surface area (Å²) in [5.41, 5.74) is 4.12. The first kappa shape index (κ1) is 23.7. The van der Waals surface area contributed by atoms with Crippen molar-refractivity contribution in [1.82, 2.24) is 10.2 Å². The minimum Gasteiger partial charge on any atom is -0.466 e. The second-order valence-corrected chi connectivity index (χ2v) is 8.80. The van der Waals surface area contributed by atoms with Gasteiger partial charge in [-0.1, -0.05) is 72.8 Å². The second-order valence-electron chi connectivity index (χ2n) is 8.80. The molecule has 5 heteroatoms. The van der Waals surface area contributed by atoms with Gasteiger partial charge in [-0.3, -0.25) is 14.5 Å². The Bertz CT molecular complexity index is 1080. The summed E-state index contributed by atoms with van der Waals surface area (Å²) in [4.78, 5) is 27.8. The van der Waals surface area contributed by atoms with Crippen LogP contribution in [-0.2, 0) is 22.5 Å². The van der Waals surface area contributed by atoms with Crippen molar-refractivity contribution in [3.8, 4) is 0 Å². The summed E-state index contributed by atoms with van der Waals surface area (Å²) in [5, 5.41) is 3.23. The van der Waals surface area contributed by atoms with Crippen LogP contribution in [0, 0.1) is 5.92 Å². The third-order valence-corrected chi connectivity index (χ3v) is 6.31. The van der Waals surface area contributed by atoms with Crippen LogP contribution in [0.4, 0.5) is 0 Å². The van der Waals surface area contributed by atoms with Gasteiger partial charge < -0.3 is 10.1 Å². The molecule has 1 saturated heterocycles. The molecule has 1 aliphatic rings. The van der Waals surface area contributed by atoms with Crippen LogP contribution in [0.3, 0.4) is 0 Å². The largest absolute Gasteiger partial charge is 0.466 e. The standard InChI is InChI=1S/C29H32N2O3/c1-2-34-27(32)20-25-16-17-31(21-23-12-7-4-8-13-23)28(25)30-29(33)26-15-9-14-24(19-26)18-22-10-5-3-6-11-22/h3-15,19,25,28H,2,16-18,20-21H2,1H3,(H,30,33). The van der Waals surface area contributed by atoms with Gasteiger partial charge in [0.05, 0.1) is 19.2 Å². The zero-order valence-corrected chi connectivity index (χ0v) is 19.7. The molecule has 3 aromatic carbocycles. The molecule has 5 nitrogen and oxygen atoms in total. The molecule has 0 aliphatic carbocycles. The number of amides is 1. The van der Waals surface area contributed by atoms with Gasteiger partial charge >= 0.3 is 5.97 Å². The number of likely N-dealkylation sites (tertiary alicyclic amines) is 1. The molecule has 2 unspecified atom stereocenters. The van der Waals surface area contributed by atoms with E-state index in [4.69, 9.17) is 4.74 Å². The predicted molar refractivity (Wildman–Crippen MR) is 133 cm³/mol. The molecule has 34 heavy (non-hydrogen) atoms. The lowest BCUT2D eigenvalue weighted by molar-refractivity contribution is -0.144. The number of carbonyl (C=O) groups excluding carboxylic acids is 2. The van der Waals surface area contributed by atoms with Crippen LogP contribution in [0.2, 0.25) is 0 Å². The molecule has 0 saturated carbocycles. The van der Waals surface area contributed by atoms with Gasteiger partial charge in [0.25, 0.3) is 5.91 Å². The molecule has 1 heterocycles. The fraction of sp³-hybridized carbons (Fsp3) is 0.310. The van der Waals surface area contributed by atoms with Crippen LogP contribution in [0.1, 0.15) is 46.8 Å². The molecule has 1 amide bonds. The molecule has 1 aliphatic heterocycles. The summed E-state index contributed by atoms with van der Waals surface area (Å²) in [6, 6.07) is 28.2. The van der Waals surface area contributed by atoms with E-state index in [1.165, 1.54) is 11.1 Å². The van der Waals surface area contributed by atoms with E-state index in [1.54, 1.807) is 0 Å². The van der Waals surface area contributed by atoms with Crippen LogP contribution < -0.4 is 5.32 Å². The summed E-state index contributed by atoms with van der Waals surface area (Å²) < 4.78 is 5.20. The van der Waals surface area contributed by atoms with E-state index < -0.39 is 0 Å². The number of hydrogen-bond donors (Lipinski definition) is 1. The van der Waals surface area contributed by atoms with Crippen molar-refractivity contribution in [3.63, 3.8) is 0 Å². The van der Waals surface area contributed by atoms with Gasteiger partial charge in [-0.2, -0.15) is 0 Å². The van der Waals surface area contributed by atoms with E-state index in [1.807, 2.05) is 67.6 Å². The summed E-state index contributed by atoms with van der Waals surface area (Å²) in [5.74, 6) is -0.314. The summed E-state index contributed by atoms with van der Waals surface area (Å²) in [6.45, 7) is 3.72. The van der Waals surface area contributed by atoms with Crippen LogP contribution in [0.5, 0.6) is 0 Å². The van der Waals surface area contributed by atoms with Crippen molar-refractivity contribution in [2.75, 3.05) is 13.2 Å². The lowest BCUT2D eigenvalue weighted by Crippen LogP contribution is -2.47. The van der Waals surface area contributed by atoms with Gasteiger partial charge in [0.15, 0.2) is 0 Å². The number of ether oxygens (including phenoxy) is 1. The highest BCUT2D eigenvalue weighted by molar-refractivity contribution is 5.94. The summed E-state index contributed by atoms with van der Waals surface area (Å²) in [6.07, 6.45) is 1.69. The van der Waals surface area contributed by atoms with Gasteiger partial charge in [0, 0.05) is 24.6 Å². The third-order valence-electron chi connectivity index (χ3n) is 6.31. The van der Waals surface area contributed by atoms with Crippen LogP contribution in [0.25, 0.3) is 0 Å². The van der Waals surface area contributed by atoms with Crippen LogP contribution in [0.15, 0.2) is 84.9 Å². The smallest absolute Gasteiger partial charge is 0.306 e. The van der Waals surface area contributed by atoms with Gasteiger partial charge in [-0.15, -0.1) is 0 Å². The molecule has 2 atom stereocenters. The van der Waals surface area contributed by atoms with Crippen molar-refractivity contribution in [2.24, 2.45) is 5.92 Å². The Hall–Kier alpha value is -3.44. The zero-order valence-electron chi connectivity index (χ0n) is 19.7. The molecular weight excluding hydrogens is 424 g/mol. The van der Waals surface area contributed by atoms with E-state index in [9.17, 15) is 9.59 Å². The van der Waals surface area contributed by atoms with Gasteiger partial charge in [0.1, 0.15) is 0 Å². The molecule has 0 radical (unpaired) electrons. The lowest BCUT2D eigenvalue weighted by atomic mass is 10.00. The fourth-order valence-corrected chi connectivity index (χ4v) is 4.65. The average molecular weight is 457 g/mol. The van der Waals surface area contributed by atoms with Gasteiger partial charge in [0.2, 0.25) is 0 Å². The highest BCUT2D eigenvalue weighted by Crippen LogP contribution is 2.28. The third kappa shape index (κ3) is 6.33. The van der Waals surface area contributed by atoms with Crippen molar-refractivity contribution >= 4 is 11.9 Å². The molecule has 1 N–H and O–H groups in total. The fourth-order valence-electron chi connectivity index (χ4n) is 4.65. The molecule has 3 aromatic rings. The maximum Gasteiger partial charge on any atom is 0.306 e. The topological polar surface area (TPSA) is 58.6 Å². The Morgan fingerprint density at radius 2 is 1.59 bits per heavy atom. The van der Waals surface area contributed by atoms with Crippen LogP contribution >= 0.6 is 0 Å². The zero-order chi connectivity index (χ0) is 23.8. The van der Waals surface area contributed by atoms with Crippen molar-refractivity contribution in [3.05, 3.63) is 107 Å². The first-order valence-electron chi connectivity index (χ1n) is 12.0. The number of benzene rings is 3. The maximum atomic E-state index is 13.3. The molecule has 4 rings (SSSR count). The van der Waals surface area contributed by atoms with E-state index in [0.717, 1.165) is 31.5 Å². The Balaban J connectivity index is 1.49. The molecule has 0 bridgehead atoms. The number of hydrogen-bond acceptors (Lipinski definition) is 4. The summed E-state index contributed by atoms with van der Waals surface area (Å²) in [7, 11) is 0. The van der Waals surface area contributed by atoms with Crippen molar-refractivity contribution in [1.29, 1.82) is 0 Å². The van der Waals surface area contributed by atoms with Gasteiger partial charge in [-0.05, 0) is 48.6 Å². The highest BCUT2D eigenvalue weighted by Gasteiger charge is 2.36. The van der Waals surface area contributed by atoms with E-state index >= 15 is 0 Å². The van der Waals surface area contributed by atoms with Gasteiger partial charge in [-0.25, -0.2) is 0 Å².